The van der Waals surface area contributed by atoms with Crippen LogP contribution in [0.4, 0.5) is 0 Å². The average molecular weight is 366 g/mol. The van der Waals surface area contributed by atoms with E-state index in [1.807, 2.05) is 30.6 Å². The van der Waals surface area contributed by atoms with Crippen LogP contribution in [0.5, 0.6) is 0 Å². The second-order valence-electron chi connectivity index (χ2n) is 6.17. The molecular formula is C18H18N6OS. The monoisotopic (exact) mass is 366 g/mol. The molecule has 0 aliphatic heterocycles. The maximum absolute atomic E-state index is 12.1. The number of hydrogen-bond acceptors (Lipinski definition) is 6. The van der Waals surface area contributed by atoms with E-state index in [2.05, 4.69) is 44.0 Å². The number of fused-ring (bicyclic) bond motifs is 1. The molecule has 1 unspecified atom stereocenters. The Morgan fingerprint density at radius 2 is 2.08 bits per heavy atom. The quantitative estimate of drug-likeness (QED) is 0.587. The van der Waals surface area contributed by atoms with Crippen molar-refractivity contribution >= 4 is 21.6 Å². The van der Waals surface area contributed by atoms with Crippen LogP contribution < -0.4 is 5.56 Å². The van der Waals surface area contributed by atoms with E-state index < -0.39 is 0 Å². The third kappa shape index (κ3) is 3.16. The minimum Gasteiger partial charge on any atom is -0.308 e. The van der Waals surface area contributed by atoms with Crippen LogP contribution in [0.2, 0.25) is 0 Å². The first-order valence-electron chi connectivity index (χ1n) is 8.23. The van der Waals surface area contributed by atoms with Gasteiger partial charge in [-0.25, -0.2) is 14.6 Å². The van der Waals surface area contributed by atoms with Crippen LogP contribution in [0.3, 0.4) is 0 Å². The first-order chi connectivity index (χ1) is 12.6. The highest BCUT2D eigenvalue weighted by atomic mass is 32.1. The highest BCUT2D eigenvalue weighted by molar-refractivity contribution is 7.17. The SMILES string of the molecule is CC(c1ccc(-n2cncn2)cc1)N(C)Cc1nc2ccsc2c(=O)[nH]1. The highest BCUT2D eigenvalue weighted by Crippen LogP contribution is 2.22. The minimum atomic E-state index is -0.0711. The molecule has 4 rings (SSSR count). The lowest BCUT2D eigenvalue weighted by atomic mass is 10.1. The summed E-state index contributed by atoms with van der Waals surface area (Å²) in [6, 6.07) is 10.2. The average Bonchev–Trinajstić information content (AvgIpc) is 3.33. The van der Waals surface area contributed by atoms with Crippen LogP contribution in [-0.4, -0.2) is 36.7 Å². The summed E-state index contributed by atoms with van der Waals surface area (Å²) < 4.78 is 2.40. The van der Waals surface area contributed by atoms with Gasteiger partial charge in [-0.15, -0.1) is 11.3 Å². The Kier molecular flexibility index (Phi) is 4.36. The molecule has 7 nitrogen and oxygen atoms in total. The van der Waals surface area contributed by atoms with E-state index in [9.17, 15) is 4.79 Å². The number of rotatable bonds is 5. The van der Waals surface area contributed by atoms with Gasteiger partial charge in [0.1, 0.15) is 23.2 Å². The molecule has 0 fully saturated rings. The number of aromatic nitrogens is 5. The topological polar surface area (TPSA) is 79.7 Å². The van der Waals surface area contributed by atoms with Crippen molar-refractivity contribution in [1.82, 2.24) is 29.6 Å². The van der Waals surface area contributed by atoms with Crippen LogP contribution >= 0.6 is 11.3 Å². The van der Waals surface area contributed by atoms with Gasteiger partial charge in [0.15, 0.2) is 0 Å². The van der Waals surface area contributed by atoms with Crippen molar-refractivity contribution in [2.24, 2.45) is 0 Å². The van der Waals surface area contributed by atoms with Gasteiger partial charge in [0.2, 0.25) is 0 Å². The van der Waals surface area contributed by atoms with Crippen molar-refractivity contribution in [3.8, 4) is 5.69 Å². The number of hydrogen-bond donors (Lipinski definition) is 1. The number of nitrogens with one attached hydrogen (secondary N) is 1. The van der Waals surface area contributed by atoms with Gasteiger partial charge in [-0.1, -0.05) is 12.1 Å². The summed E-state index contributed by atoms with van der Waals surface area (Å²) in [6.07, 6.45) is 3.19. The van der Waals surface area contributed by atoms with Crippen LogP contribution in [-0.2, 0) is 6.54 Å². The van der Waals surface area contributed by atoms with Gasteiger partial charge >= 0.3 is 0 Å². The van der Waals surface area contributed by atoms with Gasteiger partial charge < -0.3 is 4.98 Å². The Morgan fingerprint density at radius 1 is 1.27 bits per heavy atom. The van der Waals surface area contributed by atoms with Crippen molar-refractivity contribution in [3.05, 3.63) is 70.1 Å². The van der Waals surface area contributed by atoms with Crippen molar-refractivity contribution in [2.45, 2.75) is 19.5 Å². The van der Waals surface area contributed by atoms with Crippen molar-refractivity contribution in [1.29, 1.82) is 0 Å². The Balaban J connectivity index is 1.51. The fraction of sp³-hybridized carbons (Fsp3) is 0.222. The zero-order valence-electron chi connectivity index (χ0n) is 14.5. The smallest absolute Gasteiger partial charge is 0.268 e. The molecule has 0 bridgehead atoms. The Bertz CT molecular complexity index is 1070. The van der Waals surface area contributed by atoms with Crippen LogP contribution in [0.25, 0.3) is 15.9 Å². The molecule has 0 aliphatic carbocycles. The van der Waals surface area contributed by atoms with Gasteiger partial charge in [0.05, 0.1) is 17.7 Å². The number of benzene rings is 1. The first-order valence-corrected chi connectivity index (χ1v) is 9.11. The first kappa shape index (κ1) is 16.6. The minimum absolute atomic E-state index is 0.0711. The van der Waals surface area contributed by atoms with Gasteiger partial charge in [-0.2, -0.15) is 5.10 Å². The molecule has 26 heavy (non-hydrogen) atoms. The van der Waals surface area contributed by atoms with Crippen LogP contribution in [0.15, 0.2) is 53.2 Å². The number of H-pyrrole nitrogens is 1. The van der Waals surface area contributed by atoms with Crippen LogP contribution in [0, 0.1) is 0 Å². The number of nitrogens with zero attached hydrogens (tertiary/aromatic N) is 5. The Hall–Kier alpha value is -2.84. The number of thiophene rings is 1. The maximum atomic E-state index is 12.1. The van der Waals surface area contributed by atoms with Crippen LogP contribution in [0.1, 0.15) is 24.4 Å². The normalized spacial score (nSPS) is 12.7. The zero-order valence-corrected chi connectivity index (χ0v) is 15.3. The van der Waals surface area contributed by atoms with Gasteiger partial charge in [0, 0.05) is 6.04 Å². The van der Waals surface area contributed by atoms with Gasteiger partial charge in [-0.3, -0.25) is 9.69 Å². The number of aromatic amines is 1. The molecule has 8 heteroatoms. The fourth-order valence-electron chi connectivity index (χ4n) is 2.87. The predicted molar refractivity (Wildman–Crippen MR) is 101 cm³/mol. The summed E-state index contributed by atoms with van der Waals surface area (Å²) in [7, 11) is 2.02. The molecule has 4 aromatic rings. The summed E-state index contributed by atoms with van der Waals surface area (Å²) in [5, 5.41) is 6.02. The van der Waals surface area contributed by atoms with E-state index in [1.54, 1.807) is 11.0 Å². The third-order valence-electron chi connectivity index (χ3n) is 4.48. The molecule has 0 aliphatic rings. The van der Waals surface area contributed by atoms with E-state index in [4.69, 9.17) is 0 Å². The molecule has 0 amide bonds. The summed E-state index contributed by atoms with van der Waals surface area (Å²) in [5.41, 5.74) is 2.83. The third-order valence-corrected chi connectivity index (χ3v) is 5.39. The lowest BCUT2D eigenvalue weighted by molar-refractivity contribution is 0.247. The van der Waals surface area contributed by atoms with E-state index in [0.717, 1.165) is 11.2 Å². The van der Waals surface area contributed by atoms with Gasteiger partial charge in [0.25, 0.3) is 5.56 Å². The van der Waals surface area contributed by atoms with Crippen molar-refractivity contribution < 1.29 is 0 Å². The molecule has 3 aromatic heterocycles. The van der Waals surface area contributed by atoms with Gasteiger partial charge in [-0.05, 0) is 43.1 Å². The second kappa shape index (κ2) is 6.81. The van der Waals surface area contributed by atoms with Crippen molar-refractivity contribution in [3.63, 3.8) is 0 Å². The van der Waals surface area contributed by atoms with E-state index in [0.29, 0.717) is 17.1 Å². The molecule has 3 heterocycles. The molecule has 1 N–H and O–H groups in total. The van der Waals surface area contributed by atoms with E-state index in [-0.39, 0.29) is 11.6 Å². The molecule has 0 spiro atoms. The standard InChI is InChI=1S/C18H18N6OS/c1-12(13-3-5-14(6-4-13)24-11-19-10-20-24)23(2)9-16-21-15-7-8-26-17(15)18(25)22-16/h3-8,10-12H,9H2,1-2H3,(H,21,22,25). The summed E-state index contributed by atoms with van der Waals surface area (Å²) >= 11 is 1.41. The molecule has 0 radical (unpaired) electrons. The maximum Gasteiger partial charge on any atom is 0.268 e. The lowest BCUT2D eigenvalue weighted by Gasteiger charge is -2.24. The fourth-order valence-corrected chi connectivity index (χ4v) is 3.60. The largest absolute Gasteiger partial charge is 0.308 e. The molecular weight excluding hydrogens is 348 g/mol. The summed E-state index contributed by atoms with van der Waals surface area (Å²) in [6.45, 7) is 2.69. The highest BCUT2D eigenvalue weighted by Gasteiger charge is 2.14. The molecule has 1 aromatic carbocycles. The Morgan fingerprint density at radius 3 is 2.81 bits per heavy atom. The molecule has 0 saturated carbocycles. The molecule has 0 saturated heterocycles. The summed E-state index contributed by atoms with van der Waals surface area (Å²) in [5.74, 6) is 0.675. The van der Waals surface area contributed by atoms with E-state index >= 15 is 0 Å². The molecule has 1 atom stereocenters. The van der Waals surface area contributed by atoms with E-state index in [1.165, 1.54) is 23.2 Å². The molecule has 132 valence electrons. The Labute approximate surface area is 154 Å². The lowest BCUT2D eigenvalue weighted by Crippen LogP contribution is -2.24. The second-order valence-corrected chi connectivity index (χ2v) is 7.09. The summed E-state index contributed by atoms with van der Waals surface area (Å²) in [4.78, 5) is 25.7. The predicted octanol–water partition coefficient (Wildman–Crippen LogP) is 2.76. The zero-order chi connectivity index (χ0) is 18.1. The van der Waals surface area contributed by atoms with Crippen molar-refractivity contribution in [2.75, 3.05) is 7.05 Å².